The van der Waals surface area contributed by atoms with Gasteiger partial charge in [0.15, 0.2) is 5.75 Å². The van der Waals surface area contributed by atoms with Crippen molar-refractivity contribution in [3.8, 4) is 5.75 Å². The molecule has 0 bridgehead atoms. The molecule has 0 fully saturated rings. The first-order valence-electron chi connectivity index (χ1n) is 8.88. The fourth-order valence-corrected chi connectivity index (χ4v) is 3.06. The van der Waals surface area contributed by atoms with Crippen molar-refractivity contribution in [2.24, 2.45) is 0 Å². The lowest BCUT2D eigenvalue weighted by atomic mass is 10.1. The normalized spacial score (nSPS) is 10.8. The Kier molecular flexibility index (Phi) is 6.07. The highest BCUT2D eigenvalue weighted by Gasteiger charge is 2.23. The molecule has 0 unspecified atom stereocenters. The van der Waals surface area contributed by atoms with Gasteiger partial charge < -0.3 is 10.4 Å². The van der Waals surface area contributed by atoms with Gasteiger partial charge in [0.2, 0.25) is 0 Å². The standard InChI is InChI=1S/C20H19FN4O5/c1-22-19(28)16-18(27)17-14(25(20(16)29)10-15(26)24-30-2)8-12(9-23-17)7-11-3-5-13(21)6-4-11/h3-6,8-9,27H,7,10H2,1-2H3,(H,22,28)(H,24,26). The Bertz CT molecular complexity index is 1170. The number of nitrogens with zero attached hydrogens (tertiary/aromatic N) is 2. The molecule has 156 valence electrons. The van der Waals surface area contributed by atoms with Gasteiger partial charge in [0.05, 0.1) is 12.6 Å². The SMILES string of the molecule is CNC(=O)c1c(O)c2ncc(Cc3ccc(F)cc3)cc2n(CC(=O)NOC)c1=O. The van der Waals surface area contributed by atoms with E-state index >= 15 is 0 Å². The molecule has 3 aromatic rings. The number of benzene rings is 1. The molecule has 2 aromatic heterocycles. The zero-order valence-electron chi connectivity index (χ0n) is 16.2. The van der Waals surface area contributed by atoms with Gasteiger partial charge in [-0.05, 0) is 35.7 Å². The number of aromatic nitrogens is 2. The van der Waals surface area contributed by atoms with Crippen molar-refractivity contribution in [1.82, 2.24) is 20.3 Å². The van der Waals surface area contributed by atoms with Crippen molar-refractivity contribution < 1.29 is 23.9 Å². The number of hydroxylamine groups is 1. The second kappa shape index (κ2) is 8.70. The van der Waals surface area contributed by atoms with Crippen LogP contribution >= 0.6 is 0 Å². The third-order valence-corrected chi connectivity index (χ3v) is 4.43. The van der Waals surface area contributed by atoms with Crippen LogP contribution in [0, 0.1) is 5.82 Å². The topological polar surface area (TPSA) is 123 Å². The average molecular weight is 414 g/mol. The zero-order chi connectivity index (χ0) is 21.8. The van der Waals surface area contributed by atoms with Gasteiger partial charge in [-0.3, -0.25) is 28.8 Å². The quantitative estimate of drug-likeness (QED) is 0.515. The molecular formula is C20H19FN4O5. The molecular weight excluding hydrogens is 395 g/mol. The summed E-state index contributed by atoms with van der Waals surface area (Å²) in [6.45, 7) is -0.463. The Morgan fingerprint density at radius 3 is 2.57 bits per heavy atom. The first kappa shape index (κ1) is 20.9. The molecule has 30 heavy (non-hydrogen) atoms. The van der Waals surface area contributed by atoms with Crippen LogP contribution in [-0.4, -0.2) is 40.6 Å². The maximum absolute atomic E-state index is 13.1. The minimum absolute atomic E-state index is 0.0127. The fourth-order valence-electron chi connectivity index (χ4n) is 3.06. The van der Waals surface area contributed by atoms with Crippen molar-refractivity contribution in [3.05, 3.63) is 69.4 Å². The minimum atomic E-state index is -0.855. The Morgan fingerprint density at radius 1 is 1.23 bits per heavy atom. The summed E-state index contributed by atoms with van der Waals surface area (Å²) in [5.74, 6) is -2.39. The van der Waals surface area contributed by atoms with Gasteiger partial charge in [-0.2, -0.15) is 0 Å². The summed E-state index contributed by atoms with van der Waals surface area (Å²) in [6, 6.07) is 7.47. The van der Waals surface area contributed by atoms with Crippen molar-refractivity contribution in [3.63, 3.8) is 0 Å². The number of hydrogen-bond donors (Lipinski definition) is 3. The number of aromatic hydroxyl groups is 1. The van der Waals surface area contributed by atoms with E-state index in [4.69, 9.17) is 0 Å². The first-order chi connectivity index (χ1) is 14.3. The Hall–Kier alpha value is -3.79. The second-order valence-electron chi connectivity index (χ2n) is 6.44. The van der Waals surface area contributed by atoms with Crippen LogP contribution < -0.4 is 16.4 Å². The Morgan fingerprint density at radius 2 is 1.93 bits per heavy atom. The van der Waals surface area contributed by atoms with E-state index in [1.165, 1.54) is 32.5 Å². The molecule has 0 aliphatic rings. The number of pyridine rings is 2. The lowest BCUT2D eigenvalue weighted by Gasteiger charge is -2.14. The van der Waals surface area contributed by atoms with Gasteiger partial charge in [0.25, 0.3) is 17.4 Å². The highest BCUT2D eigenvalue weighted by atomic mass is 19.1. The monoisotopic (exact) mass is 414 g/mol. The van der Waals surface area contributed by atoms with Crippen molar-refractivity contribution in [2.75, 3.05) is 14.2 Å². The smallest absolute Gasteiger partial charge is 0.268 e. The number of fused-ring (bicyclic) bond motifs is 1. The van der Waals surface area contributed by atoms with Crippen LogP contribution in [0.15, 0.2) is 41.3 Å². The number of nitrogens with one attached hydrogen (secondary N) is 2. The summed E-state index contributed by atoms with van der Waals surface area (Å²) in [5, 5.41) is 12.8. The summed E-state index contributed by atoms with van der Waals surface area (Å²) < 4.78 is 14.2. The summed E-state index contributed by atoms with van der Waals surface area (Å²) in [7, 11) is 2.56. The molecule has 0 aliphatic carbocycles. The molecule has 2 amide bonds. The van der Waals surface area contributed by atoms with Gasteiger partial charge in [0, 0.05) is 13.2 Å². The number of hydrogen-bond acceptors (Lipinski definition) is 6. The number of rotatable bonds is 6. The van der Waals surface area contributed by atoms with E-state index in [0.29, 0.717) is 12.0 Å². The molecule has 0 saturated heterocycles. The van der Waals surface area contributed by atoms with Crippen molar-refractivity contribution in [2.45, 2.75) is 13.0 Å². The Labute approximate surface area is 170 Å². The maximum atomic E-state index is 13.1. The third kappa shape index (κ3) is 4.13. The molecule has 2 heterocycles. The maximum Gasteiger partial charge on any atom is 0.268 e. The average Bonchev–Trinajstić information content (AvgIpc) is 2.73. The second-order valence-corrected chi connectivity index (χ2v) is 6.44. The van der Waals surface area contributed by atoms with E-state index in [9.17, 15) is 23.9 Å². The number of amides is 2. The van der Waals surface area contributed by atoms with E-state index in [-0.39, 0.29) is 16.9 Å². The summed E-state index contributed by atoms with van der Waals surface area (Å²) in [5.41, 5.74) is 2.34. The first-order valence-corrected chi connectivity index (χ1v) is 8.88. The minimum Gasteiger partial charge on any atom is -0.505 e. The van der Waals surface area contributed by atoms with Crippen molar-refractivity contribution >= 4 is 22.8 Å². The number of carbonyl (C=O) groups is 2. The van der Waals surface area contributed by atoms with Gasteiger partial charge in [0.1, 0.15) is 23.4 Å². The van der Waals surface area contributed by atoms with Crippen LogP contribution in [0.4, 0.5) is 4.39 Å². The predicted molar refractivity (Wildman–Crippen MR) is 105 cm³/mol. The molecule has 0 aliphatic heterocycles. The van der Waals surface area contributed by atoms with Crippen LogP contribution in [0.3, 0.4) is 0 Å². The van der Waals surface area contributed by atoms with Gasteiger partial charge >= 0.3 is 0 Å². The molecule has 0 spiro atoms. The lowest BCUT2D eigenvalue weighted by Crippen LogP contribution is -2.36. The molecule has 0 saturated carbocycles. The van der Waals surface area contributed by atoms with Crippen LogP contribution in [-0.2, 0) is 22.6 Å². The summed E-state index contributed by atoms with van der Waals surface area (Å²) >= 11 is 0. The Balaban J connectivity index is 2.17. The summed E-state index contributed by atoms with van der Waals surface area (Å²) in [4.78, 5) is 45.8. The molecule has 3 N–H and O–H groups in total. The van der Waals surface area contributed by atoms with Gasteiger partial charge in [-0.25, -0.2) is 9.87 Å². The fraction of sp³-hybridized carbons (Fsp3) is 0.200. The molecule has 0 radical (unpaired) electrons. The lowest BCUT2D eigenvalue weighted by molar-refractivity contribution is -0.131. The molecule has 9 nitrogen and oxygen atoms in total. The molecule has 10 heteroatoms. The van der Waals surface area contributed by atoms with Gasteiger partial charge in [-0.15, -0.1) is 0 Å². The third-order valence-electron chi connectivity index (χ3n) is 4.43. The van der Waals surface area contributed by atoms with Crippen LogP contribution in [0.25, 0.3) is 11.0 Å². The van der Waals surface area contributed by atoms with E-state index in [0.717, 1.165) is 10.1 Å². The highest BCUT2D eigenvalue weighted by Crippen LogP contribution is 2.26. The van der Waals surface area contributed by atoms with E-state index in [2.05, 4.69) is 20.6 Å². The van der Waals surface area contributed by atoms with E-state index in [1.807, 2.05) is 0 Å². The van der Waals surface area contributed by atoms with E-state index in [1.54, 1.807) is 18.2 Å². The van der Waals surface area contributed by atoms with Crippen LogP contribution in [0.1, 0.15) is 21.5 Å². The predicted octanol–water partition coefficient (Wildman–Crippen LogP) is 0.869. The zero-order valence-corrected chi connectivity index (χ0v) is 16.2. The van der Waals surface area contributed by atoms with E-state index < -0.39 is 35.2 Å². The van der Waals surface area contributed by atoms with Crippen LogP contribution in [0.2, 0.25) is 0 Å². The van der Waals surface area contributed by atoms with Crippen LogP contribution in [0.5, 0.6) is 5.75 Å². The number of carbonyl (C=O) groups excluding carboxylic acids is 2. The van der Waals surface area contributed by atoms with Gasteiger partial charge in [-0.1, -0.05) is 12.1 Å². The molecule has 0 atom stereocenters. The number of halogens is 1. The highest BCUT2D eigenvalue weighted by molar-refractivity contribution is 6.01. The summed E-state index contributed by atoms with van der Waals surface area (Å²) in [6.07, 6.45) is 1.85. The molecule has 3 rings (SSSR count). The molecule has 1 aromatic carbocycles. The van der Waals surface area contributed by atoms with Crippen molar-refractivity contribution in [1.29, 1.82) is 0 Å². The largest absolute Gasteiger partial charge is 0.505 e.